The summed E-state index contributed by atoms with van der Waals surface area (Å²) in [7, 11) is 0. The standard InChI is InChI=1S/C10H10N2/c11-8-5-1-3-7-4-2-6-9(12)10(7)8/h1-3,5-6,12H,4,11H2. The fraction of sp³-hybridized carbons (Fsp3) is 0.100. The molecule has 1 aliphatic carbocycles. The zero-order valence-electron chi connectivity index (χ0n) is 6.67. The summed E-state index contributed by atoms with van der Waals surface area (Å²) in [6.07, 6.45) is 4.69. The van der Waals surface area contributed by atoms with Crippen molar-refractivity contribution in [2.75, 3.05) is 5.73 Å². The van der Waals surface area contributed by atoms with E-state index in [2.05, 4.69) is 0 Å². The summed E-state index contributed by atoms with van der Waals surface area (Å²) in [6, 6.07) is 5.79. The van der Waals surface area contributed by atoms with Gasteiger partial charge in [0.05, 0.1) is 5.71 Å². The van der Waals surface area contributed by atoms with Crippen molar-refractivity contribution in [2.24, 2.45) is 0 Å². The minimum atomic E-state index is 0.523. The lowest BCUT2D eigenvalue weighted by atomic mass is 9.94. The predicted molar refractivity (Wildman–Crippen MR) is 50.5 cm³/mol. The maximum atomic E-state index is 7.64. The van der Waals surface area contributed by atoms with E-state index in [-0.39, 0.29) is 0 Å². The fourth-order valence-electron chi connectivity index (χ4n) is 1.51. The highest BCUT2D eigenvalue weighted by Gasteiger charge is 2.11. The summed E-state index contributed by atoms with van der Waals surface area (Å²) in [6.45, 7) is 0. The highest BCUT2D eigenvalue weighted by atomic mass is 14.6. The van der Waals surface area contributed by atoms with Gasteiger partial charge in [0.25, 0.3) is 0 Å². The summed E-state index contributed by atoms with van der Waals surface area (Å²) in [5, 5.41) is 7.64. The number of nitrogen functional groups attached to an aromatic ring is 1. The summed E-state index contributed by atoms with van der Waals surface area (Å²) in [5.74, 6) is 0. The second kappa shape index (κ2) is 2.48. The van der Waals surface area contributed by atoms with Crippen LogP contribution in [0.5, 0.6) is 0 Å². The molecule has 3 N–H and O–H groups in total. The van der Waals surface area contributed by atoms with Crippen molar-refractivity contribution in [3.63, 3.8) is 0 Å². The normalized spacial score (nSPS) is 14.5. The van der Waals surface area contributed by atoms with E-state index in [1.807, 2.05) is 24.3 Å². The molecule has 1 aliphatic rings. The molecule has 0 heterocycles. The van der Waals surface area contributed by atoms with E-state index in [1.165, 1.54) is 0 Å². The number of benzene rings is 1. The van der Waals surface area contributed by atoms with Gasteiger partial charge < -0.3 is 11.1 Å². The molecule has 1 aromatic carbocycles. The van der Waals surface area contributed by atoms with Gasteiger partial charge in [0.15, 0.2) is 0 Å². The van der Waals surface area contributed by atoms with Crippen LogP contribution in [0.4, 0.5) is 5.69 Å². The van der Waals surface area contributed by atoms with E-state index in [0.717, 1.165) is 17.5 Å². The van der Waals surface area contributed by atoms with Crippen molar-refractivity contribution in [3.8, 4) is 0 Å². The molecule has 0 saturated carbocycles. The molecule has 0 atom stereocenters. The second-order valence-electron chi connectivity index (χ2n) is 2.90. The van der Waals surface area contributed by atoms with Gasteiger partial charge in [-0.15, -0.1) is 0 Å². The fourth-order valence-corrected chi connectivity index (χ4v) is 1.51. The smallest absolute Gasteiger partial charge is 0.0632 e. The Kier molecular flexibility index (Phi) is 1.47. The third-order valence-electron chi connectivity index (χ3n) is 2.07. The molecule has 0 saturated heterocycles. The van der Waals surface area contributed by atoms with Crippen LogP contribution in [0.2, 0.25) is 0 Å². The van der Waals surface area contributed by atoms with Gasteiger partial charge in [-0.05, 0) is 24.1 Å². The van der Waals surface area contributed by atoms with Crippen molar-refractivity contribution in [1.82, 2.24) is 0 Å². The average molecular weight is 158 g/mol. The highest BCUT2D eigenvalue weighted by Crippen LogP contribution is 2.21. The lowest BCUT2D eigenvalue weighted by Crippen LogP contribution is -2.08. The molecule has 0 bridgehead atoms. The molecule has 2 rings (SSSR count). The molecule has 0 aromatic heterocycles. The van der Waals surface area contributed by atoms with E-state index in [9.17, 15) is 0 Å². The summed E-state index contributed by atoms with van der Waals surface area (Å²) in [4.78, 5) is 0. The minimum Gasteiger partial charge on any atom is -0.398 e. The van der Waals surface area contributed by atoms with Crippen LogP contribution in [-0.2, 0) is 6.42 Å². The average Bonchev–Trinajstić information content (AvgIpc) is 2.04. The molecule has 0 spiro atoms. The SMILES string of the molecule is N=C1C=CCc2cccc(N)c21. The quantitative estimate of drug-likeness (QED) is 0.555. The van der Waals surface area contributed by atoms with Gasteiger partial charge in [0.1, 0.15) is 0 Å². The first kappa shape index (κ1) is 7.10. The van der Waals surface area contributed by atoms with E-state index in [4.69, 9.17) is 11.1 Å². The summed E-state index contributed by atoms with van der Waals surface area (Å²) < 4.78 is 0. The zero-order valence-corrected chi connectivity index (χ0v) is 6.67. The molecule has 0 fully saturated rings. The molecule has 60 valence electrons. The molecule has 0 amide bonds. The number of hydrogen-bond acceptors (Lipinski definition) is 2. The Bertz CT molecular complexity index is 364. The lowest BCUT2D eigenvalue weighted by molar-refractivity contribution is 1.23. The van der Waals surface area contributed by atoms with Crippen LogP contribution < -0.4 is 5.73 Å². The molecule has 0 radical (unpaired) electrons. The Morgan fingerprint density at radius 2 is 2.17 bits per heavy atom. The summed E-state index contributed by atoms with van der Waals surface area (Å²) >= 11 is 0. The molecule has 1 aromatic rings. The molecular weight excluding hydrogens is 148 g/mol. The number of fused-ring (bicyclic) bond motifs is 1. The molecule has 2 nitrogen and oxygen atoms in total. The van der Waals surface area contributed by atoms with Gasteiger partial charge in [-0.1, -0.05) is 18.2 Å². The number of nitrogens with two attached hydrogens (primary N) is 1. The van der Waals surface area contributed by atoms with E-state index in [1.54, 1.807) is 6.08 Å². The van der Waals surface area contributed by atoms with E-state index in [0.29, 0.717) is 11.4 Å². The van der Waals surface area contributed by atoms with E-state index < -0.39 is 0 Å². The Hall–Kier alpha value is -1.57. The van der Waals surface area contributed by atoms with Crippen LogP contribution in [0.25, 0.3) is 0 Å². The van der Waals surface area contributed by atoms with Gasteiger partial charge in [-0.3, -0.25) is 0 Å². The topological polar surface area (TPSA) is 49.9 Å². The molecule has 0 aliphatic heterocycles. The van der Waals surface area contributed by atoms with Gasteiger partial charge in [0.2, 0.25) is 0 Å². The van der Waals surface area contributed by atoms with E-state index >= 15 is 0 Å². The Labute approximate surface area is 71.2 Å². The molecule has 0 unspecified atom stereocenters. The minimum absolute atomic E-state index is 0.523. The van der Waals surface area contributed by atoms with Crippen molar-refractivity contribution in [1.29, 1.82) is 5.41 Å². The van der Waals surface area contributed by atoms with Crippen LogP contribution in [0.15, 0.2) is 30.4 Å². The lowest BCUT2D eigenvalue weighted by Gasteiger charge is -2.13. The van der Waals surface area contributed by atoms with Crippen LogP contribution in [0.1, 0.15) is 11.1 Å². The Balaban J connectivity index is 2.66. The van der Waals surface area contributed by atoms with Crippen LogP contribution >= 0.6 is 0 Å². The maximum Gasteiger partial charge on any atom is 0.0632 e. The third kappa shape index (κ3) is 0.925. The van der Waals surface area contributed by atoms with Crippen molar-refractivity contribution < 1.29 is 0 Å². The van der Waals surface area contributed by atoms with Crippen molar-refractivity contribution >= 4 is 11.4 Å². The van der Waals surface area contributed by atoms with Crippen LogP contribution in [0, 0.1) is 5.41 Å². The summed E-state index contributed by atoms with van der Waals surface area (Å²) in [5.41, 5.74) is 9.05. The number of anilines is 1. The van der Waals surface area contributed by atoms with Crippen molar-refractivity contribution in [3.05, 3.63) is 41.5 Å². The first-order valence-corrected chi connectivity index (χ1v) is 3.92. The Morgan fingerprint density at radius 1 is 1.33 bits per heavy atom. The van der Waals surface area contributed by atoms with Gasteiger partial charge in [-0.2, -0.15) is 0 Å². The maximum absolute atomic E-state index is 7.64. The van der Waals surface area contributed by atoms with Gasteiger partial charge in [0, 0.05) is 11.3 Å². The number of hydrogen-bond donors (Lipinski definition) is 2. The first-order valence-electron chi connectivity index (χ1n) is 3.92. The number of nitrogens with one attached hydrogen (secondary N) is 1. The second-order valence-corrected chi connectivity index (χ2v) is 2.90. The number of allylic oxidation sites excluding steroid dienone is 2. The van der Waals surface area contributed by atoms with Crippen molar-refractivity contribution in [2.45, 2.75) is 6.42 Å². The largest absolute Gasteiger partial charge is 0.398 e. The third-order valence-corrected chi connectivity index (χ3v) is 2.07. The first-order chi connectivity index (χ1) is 5.79. The van der Waals surface area contributed by atoms with Gasteiger partial charge >= 0.3 is 0 Å². The zero-order chi connectivity index (χ0) is 8.55. The molecule has 12 heavy (non-hydrogen) atoms. The Morgan fingerprint density at radius 3 is 2.92 bits per heavy atom. The van der Waals surface area contributed by atoms with Gasteiger partial charge in [-0.25, -0.2) is 0 Å². The monoisotopic (exact) mass is 158 g/mol. The van der Waals surface area contributed by atoms with Crippen LogP contribution in [0.3, 0.4) is 0 Å². The molecular formula is C10H10N2. The number of rotatable bonds is 0. The van der Waals surface area contributed by atoms with Crippen LogP contribution in [-0.4, -0.2) is 5.71 Å². The predicted octanol–water partition coefficient (Wildman–Crippen LogP) is 1.75. The highest BCUT2D eigenvalue weighted by molar-refractivity contribution is 6.11. The molecule has 2 heteroatoms.